The summed E-state index contributed by atoms with van der Waals surface area (Å²) < 4.78 is 53.2. The van der Waals surface area contributed by atoms with E-state index in [1.165, 1.54) is 24.3 Å². The smallest absolute Gasteiger partial charge is 0.341 e. The van der Waals surface area contributed by atoms with Gasteiger partial charge < -0.3 is 10.1 Å². The van der Waals surface area contributed by atoms with Gasteiger partial charge in [0.2, 0.25) is 9.84 Å². The van der Waals surface area contributed by atoms with Crippen LogP contribution in [0.4, 0.5) is 14.5 Å². The van der Waals surface area contributed by atoms with E-state index < -0.39 is 15.6 Å². The van der Waals surface area contributed by atoms with Crippen molar-refractivity contribution < 1.29 is 21.9 Å². The van der Waals surface area contributed by atoms with Gasteiger partial charge in [-0.15, -0.1) is 0 Å². The molecule has 0 saturated carbocycles. The Bertz CT molecular complexity index is 598. The van der Waals surface area contributed by atoms with Crippen LogP contribution in [-0.2, 0) is 14.6 Å². The van der Waals surface area contributed by atoms with Gasteiger partial charge in [-0.25, -0.2) is 8.42 Å². The van der Waals surface area contributed by atoms with Gasteiger partial charge in [-0.1, -0.05) is 0 Å². The molecule has 0 bridgehead atoms. The van der Waals surface area contributed by atoms with Crippen LogP contribution in [0.25, 0.3) is 0 Å². The molecule has 1 N–H and O–H groups in total. The van der Waals surface area contributed by atoms with E-state index in [9.17, 15) is 17.2 Å². The molecule has 0 amide bonds. The van der Waals surface area contributed by atoms with Gasteiger partial charge in [0.25, 0.3) is 0 Å². The van der Waals surface area contributed by atoms with Crippen LogP contribution in [-0.4, -0.2) is 57.5 Å². The molecule has 5 nitrogen and oxygen atoms in total. The summed E-state index contributed by atoms with van der Waals surface area (Å²) in [7, 11) is -4.53. The monoisotopic (exact) mass is 348 g/mol. The van der Waals surface area contributed by atoms with E-state index in [2.05, 4.69) is 10.2 Å². The highest BCUT2D eigenvalue weighted by Crippen LogP contribution is 2.20. The molecule has 0 aromatic heterocycles. The van der Waals surface area contributed by atoms with E-state index in [0.717, 1.165) is 19.6 Å². The van der Waals surface area contributed by atoms with Gasteiger partial charge in [-0.05, 0) is 38.1 Å². The minimum absolute atomic E-state index is 0.206. The molecule has 8 heteroatoms. The molecule has 1 aromatic carbocycles. The third-order valence-electron chi connectivity index (χ3n) is 3.67. The van der Waals surface area contributed by atoms with Crippen molar-refractivity contribution in [2.24, 2.45) is 0 Å². The molecule has 1 saturated heterocycles. The lowest BCUT2D eigenvalue weighted by Gasteiger charge is -2.35. The third-order valence-corrected chi connectivity index (χ3v) is 5.07. The van der Waals surface area contributed by atoms with Gasteiger partial charge in [0.15, 0.2) is 0 Å². The van der Waals surface area contributed by atoms with Gasteiger partial charge >= 0.3 is 5.76 Å². The average molecular weight is 348 g/mol. The van der Waals surface area contributed by atoms with Gasteiger partial charge in [0, 0.05) is 31.9 Å². The number of hydrogen-bond donors (Lipinski definition) is 1. The first-order valence-electron chi connectivity index (χ1n) is 7.53. The number of nitrogens with zero attached hydrogens (tertiary/aromatic N) is 1. The van der Waals surface area contributed by atoms with Crippen LogP contribution in [0.3, 0.4) is 0 Å². The Labute approximate surface area is 135 Å². The van der Waals surface area contributed by atoms with Gasteiger partial charge in [-0.3, -0.25) is 4.90 Å². The summed E-state index contributed by atoms with van der Waals surface area (Å²) in [4.78, 5) is 1.93. The largest absolute Gasteiger partial charge is 0.384 e. The van der Waals surface area contributed by atoms with E-state index in [1.807, 2.05) is 13.8 Å². The van der Waals surface area contributed by atoms with E-state index in [-0.39, 0.29) is 17.1 Å². The fraction of sp³-hybridized carbons (Fsp3) is 0.600. The van der Waals surface area contributed by atoms with Gasteiger partial charge in [0.1, 0.15) is 0 Å². The van der Waals surface area contributed by atoms with E-state index >= 15 is 0 Å². The zero-order valence-electron chi connectivity index (χ0n) is 13.2. The number of alkyl halides is 2. The van der Waals surface area contributed by atoms with Crippen molar-refractivity contribution in [3.63, 3.8) is 0 Å². The van der Waals surface area contributed by atoms with Crippen molar-refractivity contribution in [3.05, 3.63) is 24.3 Å². The molecule has 0 spiro atoms. The molecular formula is C15H22F2N2O3S. The van der Waals surface area contributed by atoms with Gasteiger partial charge in [-0.2, -0.15) is 8.78 Å². The van der Waals surface area contributed by atoms with Gasteiger partial charge in [0.05, 0.1) is 17.1 Å². The van der Waals surface area contributed by atoms with Crippen molar-refractivity contribution in [2.45, 2.75) is 36.7 Å². The highest BCUT2D eigenvalue weighted by atomic mass is 32.2. The Balaban J connectivity index is 1.85. The lowest BCUT2D eigenvalue weighted by Crippen LogP contribution is -2.46. The van der Waals surface area contributed by atoms with Crippen molar-refractivity contribution >= 4 is 15.5 Å². The SMILES string of the molecule is CC1CN(CCNc2ccc(S(=O)(=O)C(F)F)cc2)CC(C)O1. The number of anilines is 1. The fourth-order valence-electron chi connectivity index (χ4n) is 2.69. The molecule has 130 valence electrons. The normalized spacial score (nSPS) is 23.2. The van der Waals surface area contributed by atoms with E-state index in [1.54, 1.807) is 0 Å². The highest BCUT2D eigenvalue weighted by Gasteiger charge is 2.26. The standard InChI is InChI=1S/C15H22F2N2O3S/c1-11-9-19(10-12(2)22-11)8-7-18-13-3-5-14(6-4-13)23(20,21)15(16)17/h3-6,11-12,15,18H,7-10H2,1-2H3. The van der Waals surface area contributed by atoms with Crippen LogP contribution in [0.2, 0.25) is 0 Å². The second-order valence-electron chi connectivity index (χ2n) is 5.77. The maximum atomic E-state index is 12.5. The second kappa shape index (κ2) is 7.55. The highest BCUT2D eigenvalue weighted by molar-refractivity contribution is 7.91. The molecule has 2 rings (SSSR count). The number of morpholine rings is 1. The molecule has 1 aliphatic rings. The Morgan fingerprint density at radius 1 is 1.22 bits per heavy atom. The molecule has 1 heterocycles. The number of benzene rings is 1. The predicted molar refractivity (Wildman–Crippen MR) is 84.6 cm³/mol. The first-order valence-corrected chi connectivity index (χ1v) is 9.07. The van der Waals surface area contributed by atoms with E-state index in [4.69, 9.17) is 4.74 Å². The summed E-state index contributed by atoms with van der Waals surface area (Å²) in [5.41, 5.74) is 0.701. The number of hydrogen-bond acceptors (Lipinski definition) is 5. The molecule has 0 aliphatic carbocycles. The number of ether oxygens (including phenoxy) is 1. The molecular weight excluding hydrogens is 326 g/mol. The third kappa shape index (κ3) is 4.86. The maximum absolute atomic E-state index is 12.5. The maximum Gasteiger partial charge on any atom is 0.341 e. The van der Waals surface area contributed by atoms with Crippen LogP contribution in [0, 0.1) is 0 Å². The molecule has 1 aromatic rings. The zero-order chi connectivity index (χ0) is 17.0. The molecule has 1 aliphatic heterocycles. The minimum Gasteiger partial charge on any atom is -0.384 e. The summed E-state index contributed by atoms with van der Waals surface area (Å²) in [6, 6.07) is 5.39. The topological polar surface area (TPSA) is 58.6 Å². The lowest BCUT2D eigenvalue weighted by molar-refractivity contribution is -0.0667. The second-order valence-corrected chi connectivity index (χ2v) is 7.69. The number of rotatable bonds is 6. The first-order chi connectivity index (χ1) is 10.8. The Hall–Kier alpha value is -1.25. The van der Waals surface area contributed by atoms with Crippen molar-refractivity contribution in [2.75, 3.05) is 31.5 Å². The lowest BCUT2D eigenvalue weighted by atomic mass is 10.2. The van der Waals surface area contributed by atoms with E-state index in [0.29, 0.717) is 12.2 Å². The summed E-state index contributed by atoms with van der Waals surface area (Å²) in [5.74, 6) is -3.40. The van der Waals surface area contributed by atoms with Crippen LogP contribution in [0.1, 0.15) is 13.8 Å². The fourth-order valence-corrected chi connectivity index (χ4v) is 3.41. The summed E-state index contributed by atoms with van der Waals surface area (Å²) >= 11 is 0. The van der Waals surface area contributed by atoms with Crippen LogP contribution >= 0.6 is 0 Å². The van der Waals surface area contributed by atoms with Crippen LogP contribution in [0.5, 0.6) is 0 Å². The molecule has 1 fully saturated rings. The molecule has 2 atom stereocenters. The Morgan fingerprint density at radius 2 is 1.78 bits per heavy atom. The predicted octanol–water partition coefficient (Wildman–Crippen LogP) is 2.20. The molecule has 2 unspecified atom stereocenters. The number of halogens is 2. The van der Waals surface area contributed by atoms with Crippen LogP contribution < -0.4 is 5.32 Å². The van der Waals surface area contributed by atoms with Crippen molar-refractivity contribution in [1.82, 2.24) is 4.90 Å². The Kier molecular flexibility index (Phi) is 5.94. The zero-order valence-corrected chi connectivity index (χ0v) is 14.0. The average Bonchev–Trinajstić information content (AvgIpc) is 2.46. The molecule has 0 radical (unpaired) electrons. The van der Waals surface area contributed by atoms with Crippen LogP contribution in [0.15, 0.2) is 29.2 Å². The number of sulfone groups is 1. The quantitative estimate of drug-likeness (QED) is 0.854. The summed E-state index contributed by atoms with van der Waals surface area (Å²) in [6.45, 7) is 7.33. The summed E-state index contributed by atoms with van der Waals surface area (Å²) in [5, 5.41) is 3.16. The van der Waals surface area contributed by atoms with Crippen molar-refractivity contribution in [3.8, 4) is 0 Å². The summed E-state index contributed by atoms with van der Waals surface area (Å²) in [6.07, 6.45) is 0.412. The molecule has 23 heavy (non-hydrogen) atoms. The van der Waals surface area contributed by atoms with Crippen molar-refractivity contribution in [1.29, 1.82) is 0 Å². The minimum atomic E-state index is -4.53. The Morgan fingerprint density at radius 3 is 2.30 bits per heavy atom. The number of nitrogens with one attached hydrogen (secondary N) is 1. The first kappa shape index (κ1) is 18.1.